The van der Waals surface area contributed by atoms with E-state index in [1.165, 1.54) is 18.3 Å². The maximum Gasteiger partial charge on any atom is 0.126 e. The minimum atomic E-state index is -0.280. The predicted octanol–water partition coefficient (Wildman–Crippen LogP) is 4.29. The third-order valence-corrected chi connectivity index (χ3v) is 3.50. The van der Waals surface area contributed by atoms with E-state index < -0.39 is 0 Å². The van der Waals surface area contributed by atoms with Crippen LogP contribution in [0.25, 0.3) is 0 Å². The van der Waals surface area contributed by atoms with Gasteiger partial charge in [0, 0.05) is 6.20 Å². The average Bonchev–Trinajstić information content (AvgIpc) is 2.61. The summed E-state index contributed by atoms with van der Waals surface area (Å²) < 4.78 is 13.6. The van der Waals surface area contributed by atoms with Crippen LogP contribution in [-0.2, 0) is 0 Å². The van der Waals surface area contributed by atoms with Crippen LogP contribution in [0.4, 0.5) is 10.2 Å². The van der Waals surface area contributed by atoms with E-state index in [0.717, 1.165) is 11.1 Å². The fraction of sp³-hybridized carbons (Fsp3) is 0.0526. The Hall–Kier alpha value is -3.19. The summed E-state index contributed by atoms with van der Waals surface area (Å²) in [5.74, 6) is 0.347. The molecule has 1 atom stereocenters. The van der Waals surface area contributed by atoms with E-state index in [9.17, 15) is 4.39 Å². The van der Waals surface area contributed by atoms with Crippen LogP contribution >= 0.6 is 0 Å². The van der Waals surface area contributed by atoms with Crippen LogP contribution in [0.3, 0.4) is 0 Å². The summed E-state index contributed by atoms with van der Waals surface area (Å²) in [6.45, 7) is 0. The van der Waals surface area contributed by atoms with Crippen molar-refractivity contribution in [2.75, 3.05) is 5.32 Å². The molecule has 3 nitrogen and oxygen atoms in total. The van der Waals surface area contributed by atoms with E-state index in [1.54, 1.807) is 18.2 Å². The van der Waals surface area contributed by atoms with Crippen molar-refractivity contribution in [2.24, 2.45) is 0 Å². The van der Waals surface area contributed by atoms with Crippen molar-refractivity contribution < 1.29 is 4.39 Å². The quantitative estimate of drug-likeness (QED) is 0.782. The highest BCUT2D eigenvalue weighted by molar-refractivity contribution is 5.46. The number of nitrogens with one attached hydrogen (secondary N) is 1. The zero-order valence-electron chi connectivity index (χ0n) is 12.3. The number of halogens is 1. The van der Waals surface area contributed by atoms with Gasteiger partial charge in [0.05, 0.1) is 11.6 Å². The van der Waals surface area contributed by atoms with Gasteiger partial charge in [-0.25, -0.2) is 9.37 Å². The lowest BCUT2D eigenvalue weighted by Crippen LogP contribution is -2.13. The van der Waals surface area contributed by atoms with Crippen molar-refractivity contribution in [1.29, 1.82) is 5.26 Å². The van der Waals surface area contributed by atoms with E-state index in [-0.39, 0.29) is 11.9 Å². The second-order valence-corrected chi connectivity index (χ2v) is 5.09. The van der Waals surface area contributed by atoms with E-state index in [1.807, 2.05) is 42.5 Å². The third kappa shape index (κ3) is 3.53. The van der Waals surface area contributed by atoms with Gasteiger partial charge in [0.2, 0.25) is 0 Å². The minimum absolute atomic E-state index is 0.229. The topological polar surface area (TPSA) is 48.7 Å². The first kappa shape index (κ1) is 14.7. The second-order valence-electron chi connectivity index (χ2n) is 5.09. The van der Waals surface area contributed by atoms with Gasteiger partial charge in [-0.15, -0.1) is 0 Å². The summed E-state index contributed by atoms with van der Waals surface area (Å²) in [7, 11) is 0. The van der Waals surface area contributed by atoms with Crippen LogP contribution in [0.1, 0.15) is 22.7 Å². The Morgan fingerprint density at radius 1 is 0.957 bits per heavy atom. The van der Waals surface area contributed by atoms with Gasteiger partial charge >= 0.3 is 0 Å². The molecule has 0 aliphatic carbocycles. The molecule has 112 valence electrons. The van der Waals surface area contributed by atoms with Crippen LogP contribution in [0.15, 0.2) is 72.9 Å². The number of hydrogen-bond acceptors (Lipinski definition) is 3. The highest BCUT2D eigenvalue weighted by Gasteiger charge is 2.15. The van der Waals surface area contributed by atoms with Crippen molar-refractivity contribution in [3.8, 4) is 6.07 Å². The molecule has 2 aromatic carbocycles. The third-order valence-electron chi connectivity index (χ3n) is 3.50. The molecule has 1 heterocycles. The molecule has 0 bridgehead atoms. The molecular formula is C19H14FN3. The Bertz CT molecular complexity index is 823. The number of rotatable bonds is 4. The molecule has 0 saturated heterocycles. The molecule has 1 aromatic heterocycles. The second kappa shape index (κ2) is 6.71. The lowest BCUT2D eigenvalue weighted by atomic mass is 9.98. The number of nitriles is 1. The van der Waals surface area contributed by atoms with E-state index in [0.29, 0.717) is 11.4 Å². The van der Waals surface area contributed by atoms with Gasteiger partial charge in [-0.2, -0.15) is 5.26 Å². The number of nitrogens with zero attached hydrogens (tertiary/aromatic N) is 2. The Morgan fingerprint density at radius 3 is 2.39 bits per heavy atom. The summed E-state index contributed by atoms with van der Waals surface area (Å²) in [5, 5.41) is 12.1. The van der Waals surface area contributed by atoms with Crippen molar-refractivity contribution in [2.45, 2.75) is 6.04 Å². The zero-order chi connectivity index (χ0) is 16.1. The smallest absolute Gasteiger partial charge is 0.126 e. The Morgan fingerprint density at radius 2 is 1.74 bits per heavy atom. The molecular weight excluding hydrogens is 289 g/mol. The van der Waals surface area contributed by atoms with Crippen LogP contribution in [0.2, 0.25) is 0 Å². The van der Waals surface area contributed by atoms with E-state index in [4.69, 9.17) is 5.26 Å². The summed E-state index contributed by atoms with van der Waals surface area (Å²) in [5.41, 5.74) is 2.31. The summed E-state index contributed by atoms with van der Waals surface area (Å²) >= 11 is 0. The van der Waals surface area contributed by atoms with Crippen LogP contribution in [0, 0.1) is 17.1 Å². The molecule has 0 fully saturated rings. The van der Waals surface area contributed by atoms with Gasteiger partial charge in [-0.3, -0.25) is 0 Å². The van der Waals surface area contributed by atoms with E-state index in [2.05, 4.69) is 10.3 Å². The SMILES string of the molecule is N#Cc1ccc(NC(c2ccccc2)c2cccc(F)c2)nc1. The molecule has 3 rings (SSSR count). The van der Waals surface area contributed by atoms with Crippen molar-refractivity contribution in [1.82, 2.24) is 4.98 Å². The maximum atomic E-state index is 13.6. The van der Waals surface area contributed by atoms with Crippen molar-refractivity contribution >= 4 is 5.82 Å². The fourth-order valence-corrected chi connectivity index (χ4v) is 2.38. The van der Waals surface area contributed by atoms with Gasteiger partial charge < -0.3 is 5.32 Å². The lowest BCUT2D eigenvalue weighted by molar-refractivity contribution is 0.624. The highest BCUT2D eigenvalue weighted by Crippen LogP contribution is 2.26. The monoisotopic (exact) mass is 303 g/mol. The normalized spacial score (nSPS) is 11.5. The zero-order valence-corrected chi connectivity index (χ0v) is 12.3. The first-order valence-electron chi connectivity index (χ1n) is 7.19. The molecule has 0 radical (unpaired) electrons. The van der Waals surface area contributed by atoms with Gasteiger partial charge in [0.1, 0.15) is 17.7 Å². The molecule has 3 aromatic rings. The van der Waals surface area contributed by atoms with Gasteiger partial charge in [0.25, 0.3) is 0 Å². The highest BCUT2D eigenvalue weighted by atomic mass is 19.1. The van der Waals surface area contributed by atoms with Crippen LogP contribution < -0.4 is 5.32 Å². The Labute approximate surface area is 134 Å². The summed E-state index contributed by atoms with van der Waals surface area (Å²) in [6, 6.07) is 21.5. The van der Waals surface area contributed by atoms with Gasteiger partial charge in [-0.1, -0.05) is 42.5 Å². The molecule has 4 heteroatoms. The predicted molar refractivity (Wildman–Crippen MR) is 87.3 cm³/mol. The first-order chi connectivity index (χ1) is 11.3. The van der Waals surface area contributed by atoms with Gasteiger partial charge in [-0.05, 0) is 35.4 Å². The Balaban J connectivity index is 1.96. The van der Waals surface area contributed by atoms with Crippen molar-refractivity contribution in [3.05, 3.63) is 95.4 Å². The van der Waals surface area contributed by atoms with Crippen molar-refractivity contribution in [3.63, 3.8) is 0 Å². The molecule has 0 spiro atoms. The number of anilines is 1. The largest absolute Gasteiger partial charge is 0.359 e. The van der Waals surface area contributed by atoms with Crippen LogP contribution in [-0.4, -0.2) is 4.98 Å². The summed E-state index contributed by atoms with van der Waals surface area (Å²) in [6.07, 6.45) is 1.51. The molecule has 1 N–H and O–H groups in total. The fourth-order valence-electron chi connectivity index (χ4n) is 2.38. The molecule has 0 aliphatic heterocycles. The summed E-state index contributed by atoms with van der Waals surface area (Å²) in [4.78, 5) is 4.24. The number of hydrogen-bond donors (Lipinski definition) is 1. The lowest BCUT2D eigenvalue weighted by Gasteiger charge is -2.20. The Kier molecular flexibility index (Phi) is 4.30. The maximum absolute atomic E-state index is 13.6. The molecule has 0 saturated carbocycles. The molecule has 0 aliphatic rings. The number of benzene rings is 2. The standard InChI is InChI=1S/C19H14FN3/c20-17-8-4-7-16(11-17)19(15-5-2-1-3-6-15)23-18-10-9-14(12-21)13-22-18/h1-11,13,19H,(H,22,23). The van der Waals surface area contributed by atoms with Crippen LogP contribution in [0.5, 0.6) is 0 Å². The number of aromatic nitrogens is 1. The average molecular weight is 303 g/mol. The van der Waals surface area contributed by atoms with Gasteiger partial charge in [0.15, 0.2) is 0 Å². The minimum Gasteiger partial charge on any atom is -0.359 e. The first-order valence-corrected chi connectivity index (χ1v) is 7.19. The van der Waals surface area contributed by atoms with E-state index >= 15 is 0 Å². The molecule has 0 amide bonds. The number of pyridine rings is 1. The molecule has 1 unspecified atom stereocenters. The molecule has 23 heavy (non-hydrogen) atoms.